The molecule has 0 radical (unpaired) electrons. The molecule has 0 spiro atoms. The van der Waals surface area contributed by atoms with E-state index in [1.165, 1.54) is 27.8 Å². The molecule has 3 aromatic carbocycles. The van der Waals surface area contributed by atoms with E-state index in [1.807, 2.05) is 6.07 Å². The standard InChI is InChI=1S/C22H21ClN/c1-24(2,15-16-8-4-3-5-9-16)22-20-11-7-6-10-18(20)19-13-12-17(23)14-21(19)22/h3-14,22H,15H2,1-2H3/q+1/t22-/m0/s1. The zero-order valence-electron chi connectivity index (χ0n) is 14.0. The Bertz CT molecular complexity index is 883. The van der Waals surface area contributed by atoms with Crippen LogP contribution in [0.4, 0.5) is 0 Å². The zero-order chi connectivity index (χ0) is 16.7. The van der Waals surface area contributed by atoms with Gasteiger partial charge in [0, 0.05) is 21.7 Å². The van der Waals surface area contributed by atoms with Crippen molar-refractivity contribution in [3.63, 3.8) is 0 Å². The Hall–Kier alpha value is -2.09. The van der Waals surface area contributed by atoms with Crippen molar-refractivity contribution in [1.82, 2.24) is 0 Å². The van der Waals surface area contributed by atoms with Crippen LogP contribution in [-0.2, 0) is 6.54 Å². The molecule has 4 rings (SSSR count). The summed E-state index contributed by atoms with van der Waals surface area (Å²) in [5.41, 5.74) is 6.75. The van der Waals surface area contributed by atoms with Crippen LogP contribution in [0, 0.1) is 0 Å². The van der Waals surface area contributed by atoms with Crippen LogP contribution in [0.3, 0.4) is 0 Å². The molecule has 0 N–H and O–H groups in total. The van der Waals surface area contributed by atoms with Crippen LogP contribution in [0.5, 0.6) is 0 Å². The second-order valence-corrected chi connectivity index (χ2v) is 7.58. The van der Waals surface area contributed by atoms with Gasteiger partial charge in [-0.15, -0.1) is 0 Å². The average molecular weight is 335 g/mol. The third-order valence-corrected chi connectivity index (χ3v) is 5.22. The maximum absolute atomic E-state index is 6.33. The SMILES string of the molecule is C[N+](C)(Cc1ccccc1)[C@H]1c2ccccc2-c2ccc(Cl)cc21. The van der Waals surface area contributed by atoms with E-state index in [4.69, 9.17) is 11.6 Å². The summed E-state index contributed by atoms with van der Waals surface area (Å²) in [4.78, 5) is 0. The number of nitrogens with zero attached hydrogens (tertiary/aromatic N) is 1. The highest BCUT2D eigenvalue weighted by Crippen LogP contribution is 2.49. The molecule has 0 saturated heterocycles. The van der Waals surface area contributed by atoms with Crippen molar-refractivity contribution in [2.24, 2.45) is 0 Å². The minimum Gasteiger partial charge on any atom is -0.315 e. The molecule has 0 aliphatic heterocycles. The number of benzene rings is 3. The Morgan fingerprint density at radius 1 is 0.792 bits per heavy atom. The van der Waals surface area contributed by atoms with Gasteiger partial charge in [-0.05, 0) is 23.3 Å². The zero-order valence-corrected chi connectivity index (χ0v) is 14.8. The van der Waals surface area contributed by atoms with Crippen LogP contribution >= 0.6 is 11.6 Å². The molecule has 3 aromatic rings. The molecular weight excluding hydrogens is 314 g/mol. The van der Waals surface area contributed by atoms with Gasteiger partial charge in [0.1, 0.15) is 12.6 Å². The first-order valence-electron chi connectivity index (χ1n) is 8.31. The lowest BCUT2D eigenvalue weighted by Crippen LogP contribution is -2.42. The Kier molecular flexibility index (Phi) is 3.71. The lowest BCUT2D eigenvalue weighted by Gasteiger charge is -2.37. The number of halogens is 1. The minimum absolute atomic E-state index is 0.301. The van der Waals surface area contributed by atoms with E-state index in [-0.39, 0.29) is 0 Å². The highest BCUT2D eigenvalue weighted by Gasteiger charge is 2.39. The summed E-state index contributed by atoms with van der Waals surface area (Å²) >= 11 is 6.33. The summed E-state index contributed by atoms with van der Waals surface area (Å²) in [5, 5.41) is 0.811. The Balaban J connectivity index is 1.84. The van der Waals surface area contributed by atoms with E-state index in [9.17, 15) is 0 Å². The molecule has 0 saturated carbocycles. The van der Waals surface area contributed by atoms with E-state index >= 15 is 0 Å². The minimum atomic E-state index is 0.301. The largest absolute Gasteiger partial charge is 0.315 e. The Labute approximate surface area is 148 Å². The Morgan fingerprint density at radius 2 is 1.46 bits per heavy atom. The van der Waals surface area contributed by atoms with Crippen molar-refractivity contribution in [3.8, 4) is 11.1 Å². The van der Waals surface area contributed by atoms with Gasteiger partial charge in [-0.25, -0.2) is 0 Å². The number of quaternary nitrogens is 1. The molecule has 0 fully saturated rings. The smallest absolute Gasteiger partial charge is 0.142 e. The number of hydrogen-bond acceptors (Lipinski definition) is 0. The fourth-order valence-electron chi connectivity index (χ4n) is 4.05. The number of hydrogen-bond donors (Lipinski definition) is 0. The first kappa shape index (κ1) is 15.4. The normalized spacial score (nSPS) is 15.9. The van der Waals surface area contributed by atoms with Crippen molar-refractivity contribution in [1.29, 1.82) is 0 Å². The average Bonchev–Trinajstić information content (AvgIpc) is 2.89. The number of fused-ring (bicyclic) bond motifs is 3. The predicted octanol–water partition coefficient (Wildman–Crippen LogP) is 5.69. The summed E-state index contributed by atoms with van der Waals surface area (Å²) in [7, 11) is 4.62. The van der Waals surface area contributed by atoms with Crippen molar-refractivity contribution < 1.29 is 4.48 Å². The molecule has 1 nitrogen and oxygen atoms in total. The van der Waals surface area contributed by atoms with Crippen molar-refractivity contribution in [3.05, 3.63) is 94.5 Å². The highest BCUT2D eigenvalue weighted by atomic mass is 35.5. The van der Waals surface area contributed by atoms with E-state index in [1.54, 1.807) is 0 Å². The van der Waals surface area contributed by atoms with Gasteiger partial charge in [0.2, 0.25) is 0 Å². The third kappa shape index (κ3) is 2.54. The van der Waals surface area contributed by atoms with Crippen molar-refractivity contribution in [2.75, 3.05) is 14.1 Å². The second-order valence-electron chi connectivity index (χ2n) is 7.14. The van der Waals surface area contributed by atoms with E-state index < -0.39 is 0 Å². The van der Waals surface area contributed by atoms with Gasteiger partial charge in [-0.1, -0.05) is 72.3 Å². The van der Waals surface area contributed by atoms with E-state index in [0.29, 0.717) is 6.04 Å². The lowest BCUT2D eigenvalue weighted by atomic mass is 10.0. The maximum Gasteiger partial charge on any atom is 0.142 e. The van der Waals surface area contributed by atoms with Gasteiger partial charge in [0.15, 0.2) is 0 Å². The third-order valence-electron chi connectivity index (χ3n) is 4.99. The summed E-state index contributed by atoms with van der Waals surface area (Å²) in [5.74, 6) is 0. The summed E-state index contributed by atoms with van der Waals surface area (Å²) in [6, 6.07) is 26.1. The first-order valence-corrected chi connectivity index (χ1v) is 8.69. The molecule has 1 aliphatic carbocycles. The van der Waals surface area contributed by atoms with Gasteiger partial charge in [-0.3, -0.25) is 0 Å². The topological polar surface area (TPSA) is 0 Å². The van der Waals surface area contributed by atoms with Gasteiger partial charge in [-0.2, -0.15) is 0 Å². The molecule has 1 atom stereocenters. The molecule has 0 heterocycles. The molecule has 120 valence electrons. The van der Waals surface area contributed by atoms with E-state index in [2.05, 4.69) is 80.8 Å². The van der Waals surface area contributed by atoms with Crippen LogP contribution < -0.4 is 0 Å². The summed E-state index contributed by atoms with van der Waals surface area (Å²) in [6.07, 6.45) is 0. The first-order chi connectivity index (χ1) is 11.6. The maximum atomic E-state index is 6.33. The molecule has 2 heteroatoms. The predicted molar refractivity (Wildman–Crippen MR) is 101 cm³/mol. The molecule has 0 unspecified atom stereocenters. The van der Waals surface area contributed by atoms with Crippen LogP contribution in [0.1, 0.15) is 22.7 Å². The monoisotopic (exact) mass is 334 g/mol. The molecule has 0 bridgehead atoms. The molecule has 24 heavy (non-hydrogen) atoms. The molecule has 1 aliphatic rings. The lowest BCUT2D eigenvalue weighted by molar-refractivity contribution is -0.927. The van der Waals surface area contributed by atoms with Gasteiger partial charge in [0.25, 0.3) is 0 Å². The fourth-order valence-corrected chi connectivity index (χ4v) is 4.23. The molecular formula is C22H21ClN+. The summed E-state index contributed by atoms with van der Waals surface area (Å²) < 4.78 is 0.869. The highest BCUT2D eigenvalue weighted by molar-refractivity contribution is 6.30. The van der Waals surface area contributed by atoms with Gasteiger partial charge in [0.05, 0.1) is 14.1 Å². The molecule has 0 amide bonds. The fraction of sp³-hybridized carbons (Fsp3) is 0.182. The van der Waals surface area contributed by atoms with Crippen LogP contribution in [0.2, 0.25) is 5.02 Å². The van der Waals surface area contributed by atoms with Gasteiger partial charge < -0.3 is 4.48 Å². The van der Waals surface area contributed by atoms with Crippen LogP contribution in [0.25, 0.3) is 11.1 Å². The summed E-state index contributed by atoms with van der Waals surface area (Å²) in [6.45, 7) is 0.978. The molecule has 0 aromatic heterocycles. The number of rotatable bonds is 3. The van der Waals surface area contributed by atoms with E-state index in [0.717, 1.165) is 16.1 Å². The quantitative estimate of drug-likeness (QED) is 0.540. The van der Waals surface area contributed by atoms with Crippen LogP contribution in [0.15, 0.2) is 72.8 Å². The Morgan fingerprint density at radius 3 is 2.25 bits per heavy atom. The van der Waals surface area contributed by atoms with Gasteiger partial charge >= 0.3 is 0 Å². The second kappa shape index (κ2) is 5.77. The van der Waals surface area contributed by atoms with Crippen LogP contribution in [-0.4, -0.2) is 18.6 Å². The van der Waals surface area contributed by atoms with Crippen molar-refractivity contribution in [2.45, 2.75) is 12.6 Å². The van der Waals surface area contributed by atoms with Crippen molar-refractivity contribution >= 4 is 11.6 Å².